The SMILES string of the molecule is Cc1ccc(N2C(=O)C3C(C2=O)C2c4ccccc4C=NN2C3C(=O)c2ccccc2)c(C)c1. The summed E-state index contributed by atoms with van der Waals surface area (Å²) < 4.78 is 0. The van der Waals surface area contributed by atoms with Crippen molar-refractivity contribution < 1.29 is 14.4 Å². The second kappa shape index (κ2) is 7.48. The number of amides is 2. The van der Waals surface area contributed by atoms with Gasteiger partial charge in [-0.15, -0.1) is 0 Å². The summed E-state index contributed by atoms with van der Waals surface area (Å²) in [5, 5.41) is 6.30. The van der Waals surface area contributed by atoms with Gasteiger partial charge < -0.3 is 0 Å². The van der Waals surface area contributed by atoms with E-state index >= 15 is 0 Å². The third-order valence-electron chi connectivity index (χ3n) is 7.21. The Morgan fingerprint density at radius 1 is 0.853 bits per heavy atom. The van der Waals surface area contributed by atoms with Crippen molar-refractivity contribution in [3.05, 3.63) is 101 Å². The molecule has 4 unspecified atom stereocenters. The van der Waals surface area contributed by atoms with Gasteiger partial charge in [0.2, 0.25) is 11.8 Å². The van der Waals surface area contributed by atoms with E-state index in [4.69, 9.17) is 0 Å². The molecule has 0 aliphatic carbocycles. The molecule has 4 atom stereocenters. The zero-order valence-electron chi connectivity index (χ0n) is 18.9. The summed E-state index contributed by atoms with van der Waals surface area (Å²) in [5.74, 6) is -2.30. The third-order valence-corrected chi connectivity index (χ3v) is 7.21. The summed E-state index contributed by atoms with van der Waals surface area (Å²) >= 11 is 0. The van der Waals surface area contributed by atoms with Gasteiger partial charge in [0.15, 0.2) is 5.78 Å². The molecule has 2 saturated heterocycles. The van der Waals surface area contributed by atoms with Crippen LogP contribution < -0.4 is 4.90 Å². The summed E-state index contributed by atoms with van der Waals surface area (Å²) in [6.45, 7) is 3.87. The molecule has 6 rings (SSSR count). The summed E-state index contributed by atoms with van der Waals surface area (Å²) in [6.07, 6.45) is 1.72. The van der Waals surface area contributed by atoms with Gasteiger partial charge in [0.25, 0.3) is 0 Å². The molecule has 168 valence electrons. The first-order valence-electron chi connectivity index (χ1n) is 11.4. The number of ketones is 1. The lowest BCUT2D eigenvalue weighted by Crippen LogP contribution is -2.44. The fourth-order valence-corrected chi connectivity index (χ4v) is 5.74. The molecule has 2 amide bonds. The second-order valence-electron chi connectivity index (χ2n) is 9.23. The van der Waals surface area contributed by atoms with Crippen LogP contribution in [-0.4, -0.2) is 34.9 Å². The van der Waals surface area contributed by atoms with Gasteiger partial charge in [0, 0.05) is 5.56 Å². The number of Topliss-reactive ketones (excluding diaryl/α,β-unsaturated/α-hetero) is 1. The fraction of sp³-hybridized carbons (Fsp3) is 0.214. The van der Waals surface area contributed by atoms with E-state index in [2.05, 4.69) is 5.10 Å². The summed E-state index contributed by atoms with van der Waals surface area (Å²) in [7, 11) is 0. The van der Waals surface area contributed by atoms with E-state index in [-0.39, 0.29) is 17.6 Å². The Morgan fingerprint density at radius 2 is 1.56 bits per heavy atom. The van der Waals surface area contributed by atoms with Crippen molar-refractivity contribution in [1.29, 1.82) is 0 Å². The molecule has 6 heteroatoms. The maximum atomic E-state index is 13.9. The average molecular weight is 450 g/mol. The minimum Gasteiger partial charge on any atom is -0.292 e. The van der Waals surface area contributed by atoms with Crippen molar-refractivity contribution in [3.63, 3.8) is 0 Å². The van der Waals surface area contributed by atoms with Crippen LogP contribution in [0.4, 0.5) is 5.69 Å². The van der Waals surface area contributed by atoms with Crippen LogP contribution in [0.3, 0.4) is 0 Å². The number of imide groups is 1. The number of benzene rings is 3. The highest BCUT2D eigenvalue weighted by molar-refractivity contribution is 6.25. The van der Waals surface area contributed by atoms with Gasteiger partial charge in [0.1, 0.15) is 6.04 Å². The highest BCUT2D eigenvalue weighted by Gasteiger charge is 2.65. The van der Waals surface area contributed by atoms with Crippen LogP contribution in [-0.2, 0) is 9.59 Å². The van der Waals surface area contributed by atoms with Gasteiger partial charge in [-0.1, -0.05) is 72.3 Å². The number of rotatable bonds is 3. The third kappa shape index (κ3) is 2.81. The molecule has 3 aromatic rings. The van der Waals surface area contributed by atoms with E-state index in [0.29, 0.717) is 11.3 Å². The highest BCUT2D eigenvalue weighted by atomic mass is 16.2. The number of carbonyl (C=O) groups is 3. The van der Waals surface area contributed by atoms with Crippen LogP contribution in [0.25, 0.3) is 0 Å². The molecule has 34 heavy (non-hydrogen) atoms. The zero-order chi connectivity index (χ0) is 23.6. The highest BCUT2D eigenvalue weighted by Crippen LogP contribution is 2.53. The van der Waals surface area contributed by atoms with Crippen LogP contribution in [0.5, 0.6) is 0 Å². The molecule has 3 aliphatic rings. The zero-order valence-corrected chi connectivity index (χ0v) is 18.9. The van der Waals surface area contributed by atoms with Crippen LogP contribution >= 0.6 is 0 Å². The number of hydrogen-bond donors (Lipinski definition) is 0. The minimum absolute atomic E-state index is 0.196. The van der Waals surface area contributed by atoms with Crippen molar-refractivity contribution in [2.75, 3.05) is 4.90 Å². The molecule has 0 bridgehead atoms. The van der Waals surface area contributed by atoms with Crippen LogP contribution in [0.1, 0.15) is 38.7 Å². The number of anilines is 1. The van der Waals surface area contributed by atoms with E-state index < -0.39 is 23.9 Å². The maximum absolute atomic E-state index is 13.9. The largest absolute Gasteiger partial charge is 0.292 e. The lowest BCUT2D eigenvalue weighted by molar-refractivity contribution is -0.124. The smallest absolute Gasteiger partial charge is 0.240 e. The molecular weight excluding hydrogens is 426 g/mol. The van der Waals surface area contributed by atoms with Crippen molar-refractivity contribution in [2.45, 2.75) is 25.9 Å². The topological polar surface area (TPSA) is 70.1 Å². The lowest BCUT2D eigenvalue weighted by Gasteiger charge is -2.34. The molecule has 0 spiro atoms. The predicted molar refractivity (Wildman–Crippen MR) is 129 cm³/mol. The first-order valence-corrected chi connectivity index (χ1v) is 11.4. The minimum atomic E-state index is -0.853. The average Bonchev–Trinajstić information content (AvgIpc) is 3.32. The number of hydrogen-bond acceptors (Lipinski definition) is 5. The number of aryl methyl sites for hydroxylation is 2. The van der Waals surface area contributed by atoms with Crippen LogP contribution in [0, 0.1) is 25.7 Å². The standard InChI is InChI=1S/C28H23N3O3/c1-16-12-13-21(17(2)14-16)30-27(33)22-23(28(30)34)25(26(32)18-8-4-3-5-9-18)31-24(22)20-11-7-6-10-19(20)15-29-31/h3-15,22-25H,1-2H3. The lowest BCUT2D eigenvalue weighted by atomic mass is 9.83. The van der Waals surface area contributed by atoms with Crippen molar-refractivity contribution in [3.8, 4) is 0 Å². The van der Waals surface area contributed by atoms with Crippen molar-refractivity contribution in [1.82, 2.24) is 5.01 Å². The Kier molecular flexibility index (Phi) is 4.52. The fourth-order valence-electron chi connectivity index (χ4n) is 5.74. The van der Waals surface area contributed by atoms with E-state index in [0.717, 1.165) is 22.3 Å². The molecule has 0 radical (unpaired) electrons. The van der Waals surface area contributed by atoms with Gasteiger partial charge in [-0.2, -0.15) is 5.10 Å². The molecule has 0 aromatic heterocycles. The Morgan fingerprint density at radius 3 is 2.32 bits per heavy atom. The molecule has 6 nitrogen and oxygen atoms in total. The van der Waals surface area contributed by atoms with Gasteiger partial charge in [-0.25, -0.2) is 4.90 Å². The molecule has 3 aromatic carbocycles. The molecule has 2 fully saturated rings. The van der Waals surface area contributed by atoms with Crippen LogP contribution in [0.15, 0.2) is 77.9 Å². The number of hydrazone groups is 1. The Balaban J connectivity index is 1.51. The van der Waals surface area contributed by atoms with E-state index in [9.17, 15) is 14.4 Å². The predicted octanol–water partition coefficient (Wildman–Crippen LogP) is 4.06. The van der Waals surface area contributed by atoms with Gasteiger partial charge in [-0.05, 0) is 36.6 Å². The summed E-state index contributed by atoms with van der Waals surface area (Å²) in [6, 6.07) is 21.0. The Hall–Kier alpha value is -4.06. The summed E-state index contributed by atoms with van der Waals surface area (Å²) in [4.78, 5) is 42.9. The Labute approximate surface area is 197 Å². The van der Waals surface area contributed by atoms with Gasteiger partial charge in [-0.3, -0.25) is 19.4 Å². The van der Waals surface area contributed by atoms with E-state index in [1.807, 2.05) is 62.4 Å². The first kappa shape index (κ1) is 20.5. The van der Waals surface area contributed by atoms with Crippen molar-refractivity contribution >= 4 is 29.5 Å². The molecule has 3 heterocycles. The second-order valence-corrected chi connectivity index (χ2v) is 9.23. The molecular formula is C28H23N3O3. The Bertz CT molecular complexity index is 1380. The normalized spacial score (nSPS) is 24.8. The number of fused-ring (bicyclic) bond motifs is 5. The molecule has 0 saturated carbocycles. The van der Waals surface area contributed by atoms with E-state index in [1.165, 1.54) is 4.90 Å². The van der Waals surface area contributed by atoms with Crippen molar-refractivity contribution in [2.24, 2.45) is 16.9 Å². The quantitative estimate of drug-likeness (QED) is 0.447. The monoisotopic (exact) mass is 449 g/mol. The number of nitrogens with zero attached hydrogens (tertiary/aromatic N) is 3. The first-order chi connectivity index (χ1) is 16.5. The molecule has 0 N–H and O–H groups in total. The molecule has 3 aliphatic heterocycles. The van der Waals surface area contributed by atoms with Crippen LogP contribution in [0.2, 0.25) is 0 Å². The van der Waals surface area contributed by atoms with Gasteiger partial charge in [0.05, 0.1) is 29.8 Å². The summed E-state index contributed by atoms with van der Waals surface area (Å²) in [5.41, 5.74) is 4.82. The van der Waals surface area contributed by atoms with Gasteiger partial charge >= 0.3 is 0 Å². The maximum Gasteiger partial charge on any atom is 0.240 e. The number of carbonyl (C=O) groups excluding carboxylic acids is 3. The van der Waals surface area contributed by atoms with E-state index in [1.54, 1.807) is 35.5 Å².